The fourth-order valence-electron chi connectivity index (χ4n) is 1.56. The molecular formula is C11H17N3O2. The lowest BCUT2D eigenvalue weighted by Crippen LogP contribution is -2.07. The topological polar surface area (TPSA) is 67.2 Å². The second-order valence-corrected chi connectivity index (χ2v) is 3.57. The summed E-state index contributed by atoms with van der Waals surface area (Å²) in [6, 6.07) is 0. The molecule has 88 valence electrons. The molecule has 0 saturated carbocycles. The molecule has 0 atom stereocenters. The molecule has 1 heterocycles. The molecule has 16 heavy (non-hydrogen) atoms. The van der Waals surface area contributed by atoms with Gasteiger partial charge in [0.1, 0.15) is 0 Å². The third kappa shape index (κ3) is 2.70. The van der Waals surface area contributed by atoms with Crippen LogP contribution < -0.4 is 5.32 Å². The van der Waals surface area contributed by atoms with Crippen LogP contribution in [0, 0.1) is 6.92 Å². The van der Waals surface area contributed by atoms with Gasteiger partial charge in [0, 0.05) is 12.6 Å². The summed E-state index contributed by atoms with van der Waals surface area (Å²) in [7, 11) is 3.52. The zero-order valence-corrected chi connectivity index (χ0v) is 9.82. The minimum absolute atomic E-state index is 0.234. The highest BCUT2D eigenvalue weighted by molar-refractivity contribution is 5.90. The van der Waals surface area contributed by atoms with Crippen LogP contribution in [-0.2, 0) is 7.05 Å². The van der Waals surface area contributed by atoms with Gasteiger partial charge in [-0.1, -0.05) is 12.2 Å². The summed E-state index contributed by atoms with van der Waals surface area (Å²) in [6.45, 7) is 2.68. The van der Waals surface area contributed by atoms with Gasteiger partial charge in [-0.05, 0) is 26.9 Å². The van der Waals surface area contributed by atoms with E-state index in [-0.39, 0.29) is 5.69 Å². The molecule has 0 aliphatic carbocycles. The van der Waals surface area contributed by atoms with Crippen LogP contribution in [0.1, 0.15) is 28.2 Å². The normalized spacial score (nSPS) is 11.2. The summed E-state index contributed by atoms with van der Waals surface area (Å²) in [5.74, 6) is -0.948. The van der Waals surface area contributed by atoms with Gasteiger partial charge in [0.05, 0.1) is 5.69 Å². The van der Waals surface area contributed by atoms with Gasteiger partial charge >= 0.3 is 5.97 Å². The molecule has 0 aromatic carbocycles. The molecule has 0 unspecified atom stereocenters. The number of aromatic carboxylic acids is 1. The van der Waals surface area contributed by atoms with Crippen molar-refractivity contribution in [3.05, 3.63) is 23.0 Å². The van der Waals surface area contributed by atoms with Crippen LogP contribution in [0.4, 0.5) is 0 Å². The van der Waals surface area contributed by atoms with Gasteiger partial charge in [-0.25, -0.2) is 4.79 Å². The Balaban J connectivity index is 2.94. The molecule has 1 aromatic heterocycles. The van der Waals surface area contributed by atoms with Gasteiger partial charge in [-0.15, -0.1) is 0 Å². The monoisotopic (exact) mass is 223 g/mol. The molecule has 0 radical (unpaired) electrons. The van der Waals surface area contributed by atoms with E-state index in [1.165, 1.54) is 4.68 Å². The number of nitrogens with one attached hydrogen (secondary N) is 1. The molecular weight excluding hydrogens is 206 g/mol. The molecule has 2 N–H and O–H groups in total. The van der Waals surface area contributed by atoms with Crippen molar-refractivity contribution < 1.29 is 9.90 Å². The fourth-order valence-corrected chi connectivity index (χ4v) is 1.56. The molecule has 0 aliphatic heterocycles. The number of carboxylic acid groups (broad SMARTS) is 1. The van der Waals surface area contributed by atoms with Crippen LogP contribution in [0.2, 0.25) is 0 Å². The molecule has 0 saturated heterocycles. The molecule has 1 rings (SSSR count). The second kappa shape index (κ2) is 5.46. The van der Waals surface area contributed by atoms with Crippen molar-refractivity contribution in [1.29, 1.82) is 0 Å². The zero-order valence-electron chi connectivity index (χ0n) is 9.82. The van der Waals surface area contributed by atoms with Crippen molar-refractivity contribution in [3.63, 3.8) is 0 Å². The largest absolute Gasteiger partial charge is 0.477 e. The molecule has 0 fully saturated rings. The van der Waals surface area contributed by atoms with E-state index in [1.54, 1.807) is 7.05 Å². The first-order valence-corrected chi connectivity index (χ1v) is 5.16. The lowest BCUT2D eigenvalue weighted by molar-refractivity contribution is 0.0685. The van der Waals surface area contributed by atoms with Gasteiger partial charge in [0.2, 0.25) is 0 Å². The molecule has 1 aromatic rings. The van der Waals surface area contributed by atoms with Gasteiger partial charge in [0.15, 0.2) is 5.69 Å². The van der Waals surface area contributed by atoms with Gasteiger partial charge < -0.3 is 10.4 Å². The van der Waals surface area contributed by atoms with Crippen molar-refractivity contribution in [3.8, 4) is 0 Å². The predicted octanol–water partition coefficient (Wildman–Crippen LogP) is 1.05. The quantitative estimate of drug-likeness (QED) is 0.732. The Bertz CT molecular complexity index is 408. The average molecular weight is 223 g/mol. The van der Waals surface area contributed by atoms with Crippen LogP contribution in [0.15, 0.2) is 6.08 Å². The maximum absolute atomic E-state index is 11.0. The maximum atomic E-state index is 11.0. The van der Waals surface area contributed by atoms with E-state index in [0.29, 0.717) is 5.56 Å². The van der Waals surface area contributed by atoms with E-state index in [0.717, 1.165) is 18.7 Å². The number of hydrogen-bond acceptors (Lipinski definition) is 3. The summed E-state index contributed by atoms with van der Waals surface area (Å²) in [5, 5.41) is 16.2. The Kier molecular flexibility index (Phi) is 4.25. The summed E-state index contributed by atoms with van der Waals surface area (Å²) < 4.78 is 1.40. The van der Waals surface area contributed by atoms with E-state index in [2.05, 4.69) is 10.4 Å². The maximum Gasteiger partial charge on any atom is 0.354 e. The Morgan fingerprint density at radius 1 is 1.62 bits per heavy atom. The molecule has 0 amide bonds. The summed E-state index contributed by atoms with van der Waals surface area (Å²) in [4.78, 5) is 11.0. The first-order valence-electron chi connectivity index (χ1n) is 5.16. The van der Waals surface area contributed by atoms with E-state index in [4.69, 9.17) is 5.11 Å². The lowest BCUT2D eigenvalue weighted by Gasteiger charge is -1.97. The third-order valence-electron chi connectivity index (χ3n) is 2.32. The summed E-state index contributed by atoms with van der Waals surface area (Å²) in [5.41, 5.74) is 1.66. The minimum Gasteiger partial charge on any atom is -0.477 e. The number of carboxylic acids is 1. The Morgan fingerprint density at radius 3 is 2.88 bits per heavy atom. The van der Waals surface area contributed by atoms with Gasteiger partial charge in [0.25, 0.3) is 0 Å². The number of hydrogen-bond donors (Lipinski definition) is 2. The van der Waals surface area contributed by atoms with Crippen LogP contribution in [0.25, 0.3) is 6.08 Å². The fraction of sp³-hybridized carbons (Fsp3) is 0.455. The number of nitrogens with zero attached hydrogens (tertiary/aromatic N) is 2. The molecule has 0 spiro atoms. The highest BCUT2D eigenvalue weighted by atomic mass is 16.4. The molecule has 5 nitrogen and oxygen atoms in total. The molecule has 0 aliphatic rings. The highest BCUT2D eigenvalue weighted by Crippen LogP contribution is 2.15. The Hall–Kier alpha value is -1.62. The van der Waals surface area contributed by atoms with Crippen molar-refractivity contribution in [2.75, 3.05) is 13.6 Å². The molecule has 0 bridgehead atoms. The Morgan fingerprint density at radius 2 is 2.31 bits per heavy atom. The first-order chi connectivity index (χ1) is 7.57. The number of carbonyl (C=O) groups is 1. The number of aromatic nitrogens is 2. The van der Waals surface area contributed by atoms with Crippen molar-refractivity contribution in [2.24, 2.45) is 7.05 Å². The van der Waals surface area contributed by atoms with Crippen molar-refractivity contribution in [2.45, 2.75) is 13.3 Å². The van der Waals surface area contributed by atoms with Crippen LogP contribution in [0.3, 0.4) is 0 Å². The smallest absolute Gasteiger partial charge is 0.354 e. The number of rotatable bonds is 5. The highest BCUT2D eigenvalue weighted by Gasteiger charge is 2.16. The molecule has 5 heteroatoms. The van der Waals surface area contributed by atoms with Gasteiger partial charge in [-0.3, -0.25) is 4.68 Å². The van der Waals surface area contributed by atoms with E-state index in [1.807, 2.05) is 26.1 Å². The number of aryl methyl sites for hydroxylation is 2. The van der Waals surface area contributed by atoms with Crippen LogP contribution >= 0.6 is 0 Å². The zero-order chi connectivity index (χ0) is 12.1. The standard InChI is InChI=1S/C11H17N3O2/c1-8-9(6-4-5-7-12-2)10(11(15)16)14(3)13-8/h4,6,12H,5,7H2,1-3H3,(H,15,16). The summed E-state index contributed by atoms with van der Waals surface area (Å²) in [6.07, 6.45) is 4.64. The van der Waals surface area contributed by atoms with E-state index < -0.39 is 5.97 Å². The minimum atomic E-state index is -0.948. The van der Waals surface area contributed by atoms with Crippen molar-refractivity contribution in [1.82, 2.24) is 15.1 Å². The van der Waals surface area contributed by atoms with Crippen molar-refractivity contribution >= 4 is 12.0 Å². The van der Waals surface area contributed by atoms with E-state index in [9.17, 15) is 4.79 Å². The predicted molar refractivity (Wildman–Crippen MR) is 62.5 cm³/mol. The SMILES string of the molecule is CNCCC=Cc1c(C)nn(C)c1C(=O)O. The summed E-state index contributed by atoms with van der Waals surface area (Å²) >= 11 is 0. The second-order valence-electron chi connectivity index (χ2n) is 3.57. The first kappa shape index (κ1) is 12.4. The van der Waals surface area contributed by atoms with Crippen LogP contribution in [0.5, 0.6) is 0 Å². The van der Waals surface area contributed by atoms with Crippen LogP contribution in [-0.4, -0.2) is 34.4 Å². The Labute approximate surface area is 94.8 Å². The van der Waals surface area contributed by atoms with E-state index >= 15 is 0 Å². The third-order valence-corrected chi connectivity index (χ3v) is 2.32. The average Bonchev–Trinajstić information content (AvgIpc) is 2.48. The lowest BCUT2D eigenvalue weighted by atomic mass is 10.1. The van der Waals surface area contributed by atoms with Gasteiger partial charge in [-0.2, -0.15) is 5.10 Å².